The molecule has 1 amide bonds. The molecule has 0 saturated carbocycles. The van der Waals surface area contributed by atoms with E-state index in [-0.39, 0.29) is 4.90 Å². The van der Waals surface area contributed by atoms with Crippen LogP contribution in [0.4, 0.5) is 0 Å². The zero-order valence-electron chi connectivity index (χ0n) is 10.2. The van der Waals surface area contributed by atoms with Gasteiger partial charge in [-0.2, -0.15) is 0 Å². The first-order chi connectivity index (χ1) is 8.83. The van der Waals surface area contributed by atoms with E-state index in [1.54, 1.807) is 18.2 Å². The first kappa shape index (κ1) is 14.9. The fourth-order valence-electron chi connectivity index (χ4n) is 1.24. The van der Waals surface area contributed by atoms with Crippen LogP contribution in [0.1, 0.15) is 0 Å². The summed E-state index contributed by atoms with van der Waals surface area (Å²) in [5, 5.41) is 9.27. The Hall–Kier alpha value is -2.15. The highest BCUT2D eigenvalue weighted by Gasteiger charge is 2.13. The lowest BCUT2D eigenvalue weighted by molar-refractivity contribution is -0.141. The summed E-state index contributed by atoms with van der Waals surface area (Å²) >= 11 is 0. The van der Waals surface area contributed by atoms with Gasteiger partial charge in [-0.3, -0.25) is 9.59 Å². The molecule has 1 aromatic rings. The zero-order valence-corrected chi connectivity index (χ0v) is 11.0. The van der Waals surface area contributed by atoms with Gasteiger partial charge in [-0.05, 0) is 12.1 Å². The molecule has 1 rings (SSSR count). The quantitative estimate of drug-likeness (QED) is 0.795. The third-order valence-corrected chi connectivity index (χ3v) is 3.63. The second kappa shape index (κ2) is 6.14. The second-order valence-corrected chi connectivity index (χ2v) is 5.58. The van der Waals surface area contributed by atoms with Crippen molar-refractivity contribution in [2.75, 3.05) is 13.6 Å². The minimum atomic E-state index is -3.69. The summed E-state index contributed by atoms with van der Waals surface area (Å²) in [6, 6.07) is 7.63. The molecular formula is C12H13NO5S. The van der Waals surface area contributed by atoms with E-state index in [1.165, 1.54) is 19.2 Å². The zero-order chi connectivity index (χ0) is 14.5. The van der Waals surface area contributed by atoms with Crippen molar-refractivity contribution in [3.05, 3.63) is 41.8 Å². The number of benzene rings is 1. The number of rotatable bonds is 5. The number of hydrogen-bond donors (Lipinski definition) is 1. The van der Waals surface area contributed by atoms with Crippen LogP contribution in [0.15, 0.2) is 46.7 Å². The molecule has 0 fully saturated rings. The lowest BCUT2D eigenvalue weighted by Crippen LogP contribution is -2.30. The maximum atomic E-state index is 11.8. The van der Waals surface area contributed by atoms with E-state index in [4.69, 9.17) is 5.11 Å². The summed E-state index contributed by atoms with van der Waals surface area (Å²) in [4.78, 5) is 22.8. The SMILES string of the molecule is CN(CC(=O)O)C(=O)/C=C/S(=O)(=O)c1ccccc1. The predicted octanol–water partition coefficient (Wildman–Crippen LogP) is 0.517. The molecule has 0 aromatic heterocycles. The predicted molar refractivity (Wildman–Crippen MR) is 68.0 cm³/mol. The minimum absolute atomic E-state index is 0.0694. The molecule has 0 radical (unpaired) electrons. The molecule has 6 nitrogen and oxygen atoms in total. The monoisotopic (exact) mass is 283 g/mol. The number of hydrogen-bond acceptors (Lipinski definition) is 4. The van der Waals surface area contributed by atoms with Gasteiger partial charge < -0.3 is 10.0 Å². The van der Waals surface area contributed by atoms with E-state index in [9.17, 15) is 18.0 Å². The molecule has 0 bridgehead atoms. The summed E-state index contributed by atoms with van der Waals surface area (Å²) in [5.74, 6) is -1.86. The molecule has 19 heavy (non-hydrogen) atoms. The smallest absolute Gasteiger partial charge is 0.323 e. The normalized spacial score (nSPS) is 11.4. The van der Waals surface area contributed by atoms with Crippen LogP contribution in [-0.2, 0) is 19.4 Å². The van der Waals surface area contributed by atoms with E-state index < -0.39 is 28.3 Å². The number of carboxylic acids is 1. The lowest BCUT2D eigenvalue weighted by Gasteiger charge is -2.11. The van der Waals surface area contributed by atoms with E-state index in [2.05, 4.69) is 0 Å². The number of nitrogens with zero attached hydrogens (tertiary/aromatic N) is 1. The van der Waals surface area contributed by atoms with Crippen molar-refractivity contribution in [1.29, 1.82) is 0 Å². The molecule has 0 spiro atoms. The number of likely N-dealkylation sites (N-methyl/N-ethyl adjacent to an activating group) is 1. The molecule has 0 aliphatic rings. The Morgan fingerprint density at radius 3 is 2.37 bits per heavy atom. The van der Waals surface area contributed by atoms with E-state index in [1.807, 2.05) is 0 Å². The van der Waals surface area contributed by atoms with Crippen LogP contribution in [0.25, 0.3) is 0 Å². The molecule has 0 aliphatic heterocycles. The maximum Gasteiger partial charge on any atom is 0.323 e. The molecule has 1 aromatic carbocycles. The van der Waals surface area contributed by atoms with Gasteiger partial charge in [0, 0.05) is 18.5 Å². The molecule has 0 heterocycles. The van der Waals surface area contributed by atoms with Crippen LogP contribution in [0.5, 0.6) is 0 Å². The van der Waals surface area contributed by atoms with Gasteiger partial charge in [-0.15, -0.1) is 0 Å². The molecule has 0 saturated heterocycles. The van der Waals surface area contributed by atoms with E-state index in [0.717, 1.165) is 16.4 Å². The van der Waals surface area contributed by atoms with Crippen molar-refractivity contribution in [3.8, 4) is 0 Å². The Kier molecular flexibility index (Phi) is 4.82. The first-order valence-electron chi connectivity index (χ1n) is 5.28. The van der Waals surface area contributed by atoms with Crippen LogP contribution in [0, 0.1) is 0 Å². The van der Waals surface area contributed by atoms with Crippen molar-refractivity contribution in [1.82, 2.24) is 4.90 Å². The highest BCUT2D eigenvalue weighted by atomic mass is 32.2. The van der Waals surface area contributed by atoms with Gasteiger partial charge in [-0.1, -0.05) is 18.2 Å². The number of aliphatic carboxylic acids is 1. The van der Waals surface area contributed by atoms with Gasteiger partial charge in [-0.25, -0.2) is 8.42 Å². The van der Waals surface area contributed by atoms with Crippen molar-refractivity contribution in [2.45, 2.75) is 4.90 Å². The number of amides is 1. The maximum absolute atomic E-state index is 11.8. The fraction of sp³-hybridized carbons (Fsp3) is 0.167. The van der Waals surface area contributed by atoms with Gasteiger partial charge in [0.05, 0.1) is 4.90 Å². The van der Waals surface area contributed by atoms with Crippen LogP contribution in [0.3, 0.4) is 0 Å². The number of sulfone groups is 1. The van der Waals surface area contributed by atoms with Gasteiger partial charge in [0.25, 0.3) is 0 Å². The Morgan fingerprint density at radius 1 is 1.26 bits per heavy atom. The first-order valence-corrected chi connectivity index (χ1v) is 6.82. The van der Waals surface area contributed by atoms with Crippen molar-refractivity contribution in [2.24, 2.45) is 0 Å². The molecule has 0 atom stereocenters. The van der Waals surface area contributed by atoms with Crippen LogP contribution < -0.4 is 0 Å². The van der Waals surface area contributed by atoms with E-state index in [0.29, 0.717) is 0 Å². The summed E-state index contributed by atoms with van der Waals surface area (Å²) in [6.45, 7) is -0.492. The van der Waals surface area contributed by atoms with Gasteiger partial charge in [0.15, 0.2) is 9.84 Å². The molecule has 0 unspecified atom stereocenters. The Balaban J connectivity index is 2.82. The minimum Gasteiger partial charge on any atom is -0.480 e. The van der Waals surface area contributed by atoms with Crippen LogP contribution >= 0.6 is 0 Å². The average Bonchev–Trinajstić information content (AvgIpc) is 2.36. The standard InChI is InChI=1S/C12H13NO5S/c1-13(9-12(15)16)11(14)7-8-19(17,18)10-5-3-2-4-6-10/h2-8H,9H2,1H3,(H,15,16)/b8-7+. The summed E-state index contributed by atoms with van der Waals surface area (Å²) in [7, 11) is -2.42. The van der Waals surface area contributed by atoms with Gasteiger partial charge in [0.1, 0.15) is 6.54 Å². The highest BCUT2D eigenvalue weighted by molar-refractivity contribution is 7.94. The second-order valence-electron chi connectivity index (χ2n) is 3.75. The lowest BCUT2D eigenvalue weighted by atomic mass is 10.4. The van der Waals surface area contributed by atoms with Crippen molar-refractivity contribution in [3.63, 3.8) is 0 Å². The highest BCUT2D eigenvalue weighted by Crippen LogP contribution is 2.11. The van der Waals surface area contributed by atoms with Crippen molar-refractivity contribution < 1.29 is 23.1 Å². The van der Waals surface area contributed by atoms with Crippen molar-refractivity contribution >= 4 is 21.7 Å². The Morgan fingerprint density at radius 2 is 1.84 bits per heavy atom. The Bertz CT molecular complexity index is 592. The molecule has 102 valence electrons. The average molecular weight is 283 g/mol. The Labute approximate surface area is 110 Å². The topological polar surface area (TPSA) is 91.8 Å². The van der Waals surface area contributed by atoms with E-state index >= 15 is 0 Å². The number of carbonyl (C=O) groups is 2. The molecule has 1 N–H and O–H groups in total. The largest absolute Gasteiger partial charge is 0.480 e. The van der Waals surface area contributed by atoms with Crippen LogP contribution in [-0.4, -0.2) is 43.9 Å². The summed E-state index contributed by atoms with van der Waals surface area (Å²) in [5.41, 5.74) is 0. The third kappa shape index (κ3) is 4.55. The summed E-state index contributed by atoms with van der Waals surface area (Å²) < 4.78 is 23.6. The van der Waals surface area contributed by atoms with Gasteiger partial charge in [0.2, 0.25) is 5.91 Å². The number of carbonyl (C=O) groups excluding carboxylic acids is 1. The molecule has 0 aliphatic carbocycles. The molecular weight excluding hydrogens is 270 g/mol. The summed E-state index contributed by atoms with van der Waals surface area (Å²) in [6.07, 6.45) is 0.839. The third-order valence-electron chi connectivity index (χ3n) is 2.21. The molecule has 7 heteroatoms. The van der Waals surface area contributed by atoms with Gasteiger partial charge >= 0.3 is 5.97 Å². The van der Waals surface area contributed by atoms with Crippen LogP contribution in [0.2, 0.25) is 0 Å². The fourth-order valence-corrected chi connectivity index (χ4v) is 2.23. The number of carboxylic acid groups (broad SMARTS) is 1.